The Morgan fingerprint density at radius 3 is 1.70 bits per heavy atom. The van der Waals surface area contributed by atoms with Crippen LogP contribution in [0.25, 0.3) is 0 Å². The molecule has 8 heteroatoms. The van der Waals surface area contributed by atoms with E-state index < -0.39 is 12.6 Å². The molecule has 148 valence electrons. The molecule has 0 radical (unpaired) electrons. The molecule has 0 aliphatic carbocycles. The fourth-order valence-corrected chi connectivity index (χ4v) is 2.75. The van der Waals surface area contributed by atoms with Crippen LogP contribution in [-0.4, -0.2) is 47.3 Å². The zero-order valence-corrected chi connectivity index (χ0v) is 16.6. The zero-order chi connectivity index (χ0) is 20.7. The molecular weight excluding hydrogens is 350 g/mol. The molecule has 0 saturated carbocycles. The first-order valence-electron chi connectivity index (χ1n) is 8.69. The Morgan fingerprint density at radius 2 is 1.33 bits per heavy atom. The van der Waals surface area contributed by atoms with E-state index in [0.717, 1.165) is 0 Å². The number of nitrogens with zero attached hydrogens (tertiary/aromatic N) is 1. The molecule has 0 heterocycles. The number of esters is 1. The number of hydrogen-bond acceptors (Lipinski definition) is 5. The minimum Gasteiger partial charge on any atom is -0.452 e. The number of nitrogens with one attached hydrogen (secondary N) is 2. The van der Waals surface area contributed by atoms with Crippen molar-refractivity contribution in [3.63, 3.8) is 0 Å². The van der Waals surface area contributed by atoms with Crippen LogP contribution < -0.4 is 10.6 Å². The highest BCUT2D eigenvalue weighted by atomic mass is 16.5. The quantitative estimate of drug-likeness (QED) is 0.710. The van der Waals surface area contributed by atoms with Gasteiger partial charge in [0, 0.05) is 37.3 Å². The molecule has 0 fully saturated rings. The maximum Gasteiger partial charge on any atom is 0.338 e. The largest absolute Gasteiger partial charge is 0.452 e. The average molecular weight is 377 g/mol. The van der Waals surface area contributed by atoms with Gasteiger partial charge in [0.05, 0.1) is 5.56 Å². The molecule has 3 amide bonds. The third-order valence-corrected chi connectivity index (χ3v) is 3.54. The number of carbonyl (C=O) groups is 4. The van der Waals surface area contributed by atoms with Crippen LogP contribution in [-0.2, 0) is 19.1 Å². The van der Waals surface area contributed by atoms with E-state index in [1.165, 1.54) is 32.0 Å². The van der Waals surface area contributed by atoms with E-state index in [1.54, 1.807) is 4.90 Å². The predicted molar refractivity (Wildman–Crippen MR) is 102 cm³/mol. The van der Waals surface area contributed by atoms with E-state index >= 15 is 0 Å². The van der Waals surface area contributed by atoms with Crippen molar-refractivity contribution in [1.29, 1.82) is 0 Å². The number of rotatable bonds is 7. The Bertz CT molecular complexity index is 686. The van der Waals surface area contributed by atoms with Crippen molar-refractivity contribution in [1.82, 2.24) is 4.90 Å². The third-order valence-electron chi connectivity index (χ3n) is 3.54. The van der Waals surface area contributed by atoms with Crippen molar-refractivity contribution in [2.24, 2.45) is 0 Å². The number of hydrogen-bond donors (Lipinski definition) is 2. The van der Waals surface area contributed by atoms with Crippen molar-refractivity contribution in [3.8, 4) is 0 Å². The molecular formula is C19H27N3O5. The summed E-state index contributed by atoms with van der Waals surface area (Å²) < 4.78 is 5.14. The van der Waals surface area contributed by atoms with E-state index in [2.05, 4.69) is 10.6 Å². The SMILES string of the molecule is CC(=O)Nc1cc(NC(C)=O)cc(C(=O)OCC(=O)N(C(C)C)C(C)C)c1. The highest BCUT2D eigenvalue weighted by molar-refractivity contribution is 5.98. The van der Waals surface area contributed by atoms with Crippen LogP contribution >= 0.6 is 0 Å². The first-order chi connectivity index (χ1) is 12.5. The molecule has 8 nitrogen and oxygen atoms in total. The van der Waals surface area contributed by atoms with Crippen LogP contribution in [0.15, 0.2) is 18.2 Å². The lowest BCUT2D eigenvalue weighted by atomic mass is 10.1. The molecule has 1 aromatic rings. The van der Waals surface area contributed by atoms with Gasteiger partial charge in [-0.2, -0.15) is 0 Å². The second kappa shape index (κ2) is 9.70. The number of benzene rings is 1. The molecule has 27 heavy (non-hydrogen) atoms. The van der Waals surface area contributed by atoms with Crippen LogP contribution in [0, 0.1) is 0 Å². The second-order valence-corrected chi connectivity index (χ2v) is 6.73. The van der Waals surface area contributed by atoms with Crippen molar-refractivity contribution in [2.75, 3.05) is 17.2 Å². The Hall–Kier alpha value is -2.90. The molecule has 0 atom stereocenters. The monoisotopic (exact) mass is 377 g/mol. The minimum absolute atomic E-state index is 0.0225. The summed E-state index contributed by atoms with van der Waals surface area (Å²) in [6.45, 7) is 9.80. The van der Waals surface area contributed by atoms with Gasteiger partial charge in [-0.3, -0.25) is 14.4 Å². The van der Waals surface area contributed by atoms with E-state index in [9.17, 15) is 19.2 Å². The molecule has 0 aliphatic heterocycles. The standard InChI is InChI=1S/C19H27N3O5/c1-11(2)22(12(3)4)18(25)10-27-19(26)15-7-16(20-13(5)23)9-17(8-15)21-14(6)24/h7-9,11-12H,10H2,1-6H3,(H,20,23)(H,21,24). The lowest BCUT2D eigenvalue weighted by molar-refractivity contribution is -0.138. The van der Waals surface area contributed by atoms with Crippen molar-refractivity contribution >= 4 is 35.1 Å². The number of ether oxygens (including phenoxy) is 1. The van der Waals surface area contributed by atoms with Gasteiger partial charge < -0.3 is 20.3 Å². The van der Waals surface area contributed by atoms with Gasteiger partial charge in [0.15, 0.2) is 6.61 Å². The fourth-order valence-electron chi connectivity index (χ4n) is 2.75. The molecule has 0 bridgehead atoms. The Kier molecular flexibility index (Phi) is 7.96. The summed E-state index contributed by atoms with van der Waals surface area (Å²) in [5.41, 5.74) is 0.773. The summed E-state index contributed by atoms with van der Waals surface area (Å²) in [6, 6.07) is 4.31. The Labute approximate surface area is 159 Å². The summed E-state index contributed by atoms with van der Waals surface area (Å²) in [5, 5.41) is 5.11. The van der Waals surface area contributed by atoms with E-state index in [4.69, 9.17) is 4.74 Å². The molecule has 0 aliphatic rings. The highest BCUT2D eigenvalue weighted by Gasteiger charge is 2.22. The Morgan fingerprint density at radius 1 is 0.889 bits per heavy atom. The maximum atomic E-state index is 12.4. The summed E-state index contributed by atoms with van der Waals surface area (Å²) >= 11 is 0. The zero-order valence-electron chi connectivity index (χ0n) is 16.6. The van der Waals surface area contributed by atoms with E-state index in [-0.39, 0.29) is 35.4 Å². The fraction of sp³-hybridized carbons (Fsp3) is 0.474. The summed E-state index contributed by atoms with van der Waals surface area (Å²) in [6.07, 6.45) is 0. The number of anilines is 2. The normalized spacial score (nSPS) is 10.5. The molecule has 0 spiro atoms. The molecule has 0 unspecified atom stereocenters. The van der Waals surface area contributed by atoms with Gasteiger partial charge in [-0.25, -0.2) is 4.79 Å². The third kappa shape index (κ3) is 7.08. The molecule has 1 aromatic carbocycles. The smallest absolute Gasteiger partial charge is 0.338 e. The molecule has 2 N–H and O–H groups in total. The van der Waals surface area contributed by atoms with Gasteiger partial charge in [-0.15, -0.1) is 0 Å². The lowest BCUT2D eigenvalue weighted by Gasteiger charge is -2.30. The van der Waals surface area contributed by atoms with Gasteiger partial charge in [-0.05, 0) is 45.9 Å². The lowest BCUT2D eigenvalue weighted by Crippen LogP contribution is -2.44. The highest BCUT2D eigenvalue weighted by Crippen LogP contribution is 2.20. The van der Waals surface area contributed by atoms with Gasteiger partial charge in [0.25, 0.3) is 5.91 Å². The van der Waals surface area contributed by atoms with Crippen molar-refractivity contribution in [2.45, 2.75) is 53.6 Å². The van der Waals surface area contributed by atoms with Crippen LogP contribution in [0.3, 0.4) is 0 Å². The van der Waals surface area contributed by atoms with Gasteiger partial charge >= 0.3 is 5.97 Å². The molecule has 0 aromatic heterocycles. The summed E-state index contributed by atoms with van der Waals surface area (Å²) in [5.74, 6) is -1.67. The first-order valence-corrected chi connectivity index (χ1v) is 8.69. The minimum atomic E-state index is -0.727. The van der Waals surface area contributed by atoms with E-state index in [0.29, 0.717) is 11.4 Å². The molecule has 1 rings (SSSR count). The topological polar surface area (TPSA) is 105 Å². The first kappa shape index (κ1) is 22.1. The van der Waals surface area contributed by atoms with Crippen LogP contribution in [0.5, 0.6) is 0 Å². The second-order valence-electron chi connectivity index (χ2n) is 6.73. The van der Waals surface area contributed by atoms with Crippen LogP contribution in [0.2, 0.25) is 0 Å². The summed E-state index contributed by atoms with van der Waals surface area (Å²) in [4.78, 5) is 48.9. The van der Waals surface area contributed by atoms with Crippen LogP contribution in [0.4, 0.5) is 11.4 Å². The van der Waals surface area contributed by atoms with Gasteiger partial charge in [-0.1, -0.05) is 0 Å². The predicted octanol–water partition coefficient (Wildman–Crippen LogP) is 2.41. The van der Waals surface area contributed by atoms with Gasteiger partial charge in [0.1, 0.15) is 0 Å². The number of carbonyl (C=O) groups excluding carboxylic acids is 4. The Balaban J connectivity index is 2.96. The van der Waals surface area contributed by atoms with Gasteiger partial charge in [0.2, 0.25) is 11.8 Å². The molecule has 0 saturated heterocycles. The number of amides is 3. The van der Waals surface area contributed by atoms with Crippen LogP contribution in [0.1, 0.15) is 51.9 Å². The van der Waals surface area contributed by atoms with Crippen molar-refractivity contribution < 1.29 is 23.9 Å². The average Bonchev–Trinajstić information content (AvgIpc) is 2.50. The van der Waals surface area contributed by atoms with E-state index in [1.807, 2.05) is 27.7 Å². The summed E-state index contributed by atoms with van der Waals surface area (Å²) in [7, 11) is 0. The maximum absolute atomic E-state index is 12.4. The van der Waals surface area contributed by atoms with Crippen molar-refractivity contribution in [3.05, 3.63) is 23.8 Å².